The number of nitrogens with zero attached hydrogens (tertiary/aromatic N) is 1. The molecule has 1 aliphatic heterocycles. The van der Waals surface area contributed by atoms with Crippen LogP contribution >= 0.6 is 0 Å². The zero-order valence-electron chi connectivity index (χ0n) is 20.8. The normalized spacial score (nSPS) is 16.3. The van der Waals surface area contributed by atoms with E-state index in [1.165, 1.54) is 4.90 Å². The molecule has 3 rings (SSSR count). The van der Waals surface area contributed by atoms with E-state index in [1.54, 1.807) is 40.0 Å². The monoisotopic (exact) mass is 482 g/mol. The highest BCUT2D eigenvalue weighted by Gasteiger charge is 2.39. The summed E-state index contributed by atoms with van der Waals surface area (Å²) < 4.78 is 16.1. The summed E-state index contributed by atoms with van der Waals surface area (Å²) >= 11 is 0. The summed E-state index contributed by atoms with van der Waals surface area (Å²) in [7, 11) is 1.58. The molecule has 0 saturated carbocycles. The molecule has 0 radical (unpaired) electrons. The molecule has 0 unspecified atom stereocenters. The van der Waals surface area contributed by atoms with Crippen LogP contribution in [0.1, 0.15) is 44.7 Å². The number of nitrogens with one attached hydrogen (secondary N) is 1. The van der Waals surface area contributed by atoms with E-state index in [9.17, 15) is 14.4 Å². The Morgan fingerprint density at radius 2 is 1.71 bits per heavy atom. The van der Waals surface area contributed by atoms with Gasteiger partial charge in [-0.15, -0.1) is 0 Å². The van der Waals surface area contributed by atoms with Gasteiger partial charge in [0, 0.05) is 13.0 Å². The first-order chi connectivity index (χ1) is 16.7. The van der Waals surface area contributed by atoms with Crippen LogP contribution in [0.4, 0.5) is 4.79 Å². The molecule has 1 aliphatic rings. The standard InChI is InChI=1S/C27H34N2O6/c1-27(2,3)35-26(32)28-22(17-19-12-14-21(33-4)15-13-19)24(30)29-16-8-11-23(29)25(31)34-18-20-9-6-5-7-10-20/h5-7,9-10,12-15,22-23H,8,11,16-18H2,1-4H3,(H,28,32)/t22-,23-/m0/s1. The Morgan fingerprint density at radius 1 is 1.03 bits per heavy atom. The predicted molar refractivity (Wildman–Crippen MR) is 131 cm³/mol. The molecular formula is C27H34N2O6. The van der Waals surface area contributed by atoms with Gasteiger partial charge in [-0.1, -0.05) is 42.5 Å². The Kier molecular flexibility index (Phi) is 8.73. The molecule has 0 aromatic heterocycles. The average molecular weight is 483 g/mol. The fraction of sp³-hybridized carbons (Fsp3) is 0.444. The van der Waals surface area contributed by atoms with E-state index in [0.717, 1.165) is 11.1 Å². The number of ether oxygens (including phenoxy) is 3. The van der Waals surface area contributed by atoms with Crippen molar-refractivity contribution in [2.45, 2.75) is 64.3 Å². The summed E-state index contributed by atoms with van der Waals surface area (Å²) in [6.45, 7) is 5.83. The van der Waals surface area contributed by atoms with Crippen molar-refractivity contribution in [1.82, 2.24) is 10.2 Å². The second kappa shape index (κ2) is 11.7. The maximum Gasteiger partial charge on any atom is 0.408 e. The quantitative estimate of drug-likeness (QED) is 0.574. The molecule has 0 spiro atoms. The molecule has 1 fully saturated rings. The molecule has 2 aromatic carbocycles. The minimum Gasteiger partial charge on any atom is -0.497 e. The number of carbonyl (C=O) groups excluding carboxylic acids is 3. The summed E-state index contributed by atoms with van der Waals surface area (Å²) in [6.07, 6.45) is 0.746. The first-order valence-electron chi connectivity index (χ1n) is 11.8. The van der Waals surface area contributed by atoms with E-state index in [0.29, 0.717) is 25.1 Å². The van der Waals surface area contributed by atoms with Gasteiger partial charge in [-0.3, -0.25) is 4.79 Å². The smallest absolute Gasteiger partial charge is 0.408 e. The number of carbonyl (C=O) groups is 3. The number of likely N-dealkylation sites (tertiary alicyclic amines) is 1. The van der Waals surface area contributed by atoms with Gasteiger partial charge in [-0.2, -0.15) is 0 Å². The van der Waals surface area contributed by atoms with E-state index >= 15 is 0 Å². The van der Waals surface area contributed by atoms with Crippen molar-refractivity contribution in [3.05, 3.63) is 65.7 Å². The Balaban J connectivity index is 1.73. The van der Waals surface area contributed by atoms with Gasteiger partial charge in [0.2, 0.25) is 5.91 Å². The molecule has 188 valence electrons. The number of alkyl carbamates (subject to hydrolysis) is 1. The number of hydrogen-bond donors (Lipinski definition) is 1. The van der Waals surface area contributed by atoms with E-state index < -0.39 is 29.7 Å². The molecule has 35 heavy (non-hydrogen) atoms. The Labute approximate surface area is 206 Å². The van der Waals surface area contributed by atoms with Gasteiger partial charge in [-0.25, -0.2) is 9.59 Å². The minimum atomic E-state index is -0.902. The fourth-order valence-electron chi connectivity index (χ4n) is 3.95. The second-order valence-electron chi connectivity index (χ2n) is 9.53. The molecule has 2 aromatic rings. The number of esters is 1. The van der Waals surface area contributed by atoms with Gasteiger partial charge in [0.1, 0.15) is 30.0 Å². The van der Waals surface area contributed by atoms with Crippen molar-refractivity contribution in [3.8, 4) is 5.75 Å². The van der Waals surface area contributed by atoms with Gasteiger partial charge in [0.15, 0.2) is 0 Å². The molecular weight excluding hydrogens is 448 g/mol. The summed E-state index contributed by atoms with van der Waals surface area (Å²) in [5.74, 6) is -0.0940. The third kappa shape index (κ3) is 7.73. The Hall–Kier alpha value is -3.55. The Bertz CT molecular complexity index is 1000. The van der Waals surface area contributed by atoms with Crippen molar-refractivity contribution in [2.24, 2.45) is 0 Å². The number of rotatable bonds is 8. The molecule has 2 amide bonds. The molecule has 8 nitrogen and oxygen atoms in total. The van der Waals surface area contributed by atoms with Gasteiger partial charge in [0.05, 0.1) is 7.11 Å². The van der Waals surface area contributed by atoms with Crippen LogP contribution in [0.3, 0.4) is 0 Å². The second-order valence-corrected chi connectivity index (χ2v) is 9.53. The van der Waals surface area contributed by atoms with Crippen molar-refractivity contribution in [1.29, 1.82) is 0 Å². The first kappa shape index (κ1) is 26.1. The number of hydrogen-bond acceptors (Lipinski definition) is 6. The van der Waals surface area contributed by atoms with E-state index in [2.05, 4.69) is 5.32 Å². The van der Waals surface area contributed by atoms with Crippen LogP contribution in [-0.4, -0.2) is 54.2 Å². The fourth-order valence-corrected chi connectivity index (χ4v) is 3.95. The lowest BCUT2D eigenvalue weighted by Gasteiger charge is -2.29. The average Bonchev–Trinajstić information content (AvgIpc) is 3.32. The van der Waals surface area contributed by atoms with Crippen molar-refractivity contribution < 1.29 is 28.6 Å². The highest BCUT2D eigenvalue weighted by molar-refractivity contribution is 5.90. The van der Waals surface area contributed by atoms with Crippen LogP contribution in [0.5, 0.6) is 5.75 Å². The third-order valence-electron chi connectivity index (χ3n) is 5.62. The third-order valence-corrected chi connectivity index (χ3v) is 5.62. The van der Waals surface area contributed by atoms with Crippen LogP contribution in [0, 0.1) is 0 Å². The molecule has 1 N–H and O–H groups in total. The lowest BCUT2D eigenvalue weighted by atomic mass is 10.0. The lowest BCUT2D eigenvalue weighted by Crippen LogP contribution is -2.53. The maximum atomic E-state index is 13.6. The van der Waals surface area contributed by atoms with Crippen LogP contribution in [0.2, 0.25) is 0 Å². The van der Waals surface area contributed by atoms with E-state index in [1.807, 2.05) is 42.5 Å². The van der Waals surface area contributed by atoms with Gasteiger partial charge in [-0.05, 0) is 56.9 Å². The molecule has 0 bridgehead atoms. The summed E-state index contributed by atoms with van der Waals surface area (Å²) in [5, 5.41) is 2.71. The van der Waals surface area contributed by atoms with Crippen LogP contribution in [0.25, 0.3) is 0 Å². The zero-order chi connectivity index (χ0) is 25.4. The molecule has 8 heteroatoms. The molecule has 0 aliphatic carbocycles. The number of amides is 2. The first-order valence-corrected chi connectivity index (χ1v) is 11.8. The minimum absolute atomic E-state index is 0.142. The summed E-state index contributed by atoms with van der Waals surface area (Å²) in [4.78, 5) is 40.5. The van der Waals surface area contributed by atoms with Crippen molar-refractivity contribution >= 4 is 18.0 Å². The highest BCUT2D eigenvalue weighted by Crippen LogP contribution is 2.22. The van der Waals surface area contributed by atoms with Crippen molar-refractivity contribution in [2.75, 3.05) is 13.7 Å². The lowest BCUT2D eigenvalue weighted by molar-refractivity contribution is -0.155. The zero-order valence-corrected chi connectivity index (χ0v) is 20.8. The van der Waals surface area contributed by atoms with Gasteiger partial charge >= 0.3 is 12.1 Å². The summed E-state index contributed by atoms with van der Waals surface area (Å²) in [5.41, 5.74) is 0.998. The number of benzene rings is 2. The Morgan fingerprint density at radius 3 is 2.34 bits per heavy atom. The largest absolute Gasteiger partial charge is 0.497 e. The molecule has 2 atom stereocenters. The van der Waals surface area contributed by atoms with Gasteiger partial charge in [0.25, 0.3) is 0 Å². The maximum absolute atomic E-state index is 13.6. The van der Waals surface area contributed by atoms with E-state index in [4.69, 9.17) is 14.2 Å². The van der Waals surface area contributed by atoms with Crippen LogP contribution in [-0.2, 0) is 32.1 Å². The molecule has 1 saturated heterocycles. The highest BCUT2D eigenvalue weighted by atomic mass is 16.6. The van der Waals surface area contributed by atoms with Gasteiger partial charge < -0.3 is 24.4 Å². The van der Waals surface area contributed by atoms with Crippen LogP contribution in [0.15, 0.2) is 54.6 Å². The van der Waals surface area contributed by atoms with Crippen LogP contribution < -0.4 is 10.1 Å². The van der Waals surface area contributed by atoms with Crippen molar-refractivity contribution in [3.63, 3.8) is 0 Å². The number of methoxy groups -OCH3 is 1. The predicted octanol–water partition coefficient (Wildman–Crippen LogP) is 3.87. The molecule has 1 heterocycles. The topological polar surface area (TPSA) is 94.2 Å². The summed E-state index contributed by atoms with van der Waals surface area (Å²) in [6, 6.07) is 15.1. The SMILES string of the molecule is COc1ccc(C[C@H](NC(=O)OC(C)(C)C)C(=O)N2CCC[C@H]2C(=O)OCc2ccccc2)cc1. The van der Waals surface area contributed by atoms with E-state index in [-0.39, 0.29) is 18.9 Å².